The highest BCUT2D eigenvalue weighted by Crippen LogP contribution is 2.32. The van der Waals surface area contributed by atoms with Gasteiger partial charge in [0.05, 0.1) is 11.4 Å². The van der Waals surface area contributed by atoms with Crippen molar-refractivity contribution in [3.8, 4) is 0 Å². The molecule has 4 nitrogen and oxygen atoms in total. The smallest absolute Gasteiger partial charge is 0.396 e. The lowest BCUT2D eigenvalue weighted by atomic mass is 10.1. The van der Waals surface area contributed by atoms with Crippen LogP contribution in [0.1, 0.15) is 13.8 Å². The monoisotopic (exact) mass is 336 g/mol. The van der Waals surface area contributed by atoms with Crippen molar-refractivity contribution in [2.45, 2.75) is 31.0 Å². The van der Waals surface area contributed by atoms with E-state index in [9.17, 15) is 18.0 Å². The highest BCUT2D eigenvalue weighted by atomic mass is 32.2. The Labute approximate surface area is 131 Å². The summed E-state index contributed by atoms with van der Waals surface area (Å²) in [6.45, 7) is 3.45. The van der Waals surface area contributed by atoms with Crippen LogP contribution in [-0.4, -0.2) is 35.7 Å². The first-order valence-corrected chi connectivity index (χ1v) is 7.68. The molecule has 8 heteroatoms. The number of urea groups is 1. The third-order valence-corrected chi connectivity index (χ3v) is 4.17. The predicted octanol–water partition coefficient (Wildman–Crippen LogP) is 3.48. The number of hydrogen-bond donors (Lipinski definition) is 3. The van der Waals surface area contributed by atoms with Gasteiger partial charge < -0.3 is 15.7 Å². The molecule has 22 heavy (non-hydrogen) atoms. The minimum atomic E-state index is -4.27. The lowest BCUT2D eigenvalue weighted by Gasteiger charge is -2.20. The fraction of sp³-hybridized carbons (Fsp3) is 0.500. The molecule has 0 aliphatic rings. The molecule has 2 amide bonds. The van der Waals surface area contributed by atoms with Gasteiger partial charge in [-0.3, -0.25) is 0 Å². The molecular weight excluding hydrogens is 317 g/mol. The summed E-state index contributed by atoms with van der Waals surface area (Å²) in [5.41, 5.74) is 0.318. The van der Waals surface area contributed by atoms with Gasteiger partial charge in [-0.2, -0.15) is 13.2 Å². The SMILES string of the molecule is CC(CO)C(C)NC(=O)Nc1ccccc1SCC(F)(F)F. The number of aliphatic hydroxyl groups excluding tert-OH is 1. The normalized spacial score (nSPS) is 14.3. The number of anilines is 1. The standard InChI is InChI=1S/C14H19F3N2O2S/c1-9(7-20)10(2)18-13(21)19-11-5-3-4-6-12(11)22-8-14(15,16)17/h3-6,9-10,20H,7-8H2,1-2H3,(H2,18,19,21). The van der Waals surface area contributed by atoms with Crippen LogP contribution in [-0.2, 0) is 0 Å². The molecule has 1 aromatic carbocycles. The van der Waals surface area contributed by atoms with Crippen LogP contribution in [0.4, 0.5) is 23.7 Å². The number of rotatable bonds is 6. The Hall–Kier alpha value is -1.41. The Kier molecular flexibility index (Phi) is 7.02. The zero-order valence-electron chi connectivity index (χ0n) is 12.3. The van der Waals surface area contributed by atoms with Crippen LogP contribution in [0.5, 0.6) is 0 Å². The first kappa shape index (κ1) is 18.6. The number of benzene rings is 1. The highest BCUT2D eigenvalue weighted by molar-refractivity contribution is 7.99. The second-order valence-electron chi connectivity index (χ2n) is 4.95. The van der Waals surface area contributed by atoms with Gasteiger partial charge in [-0.15, -0.1) is 11.8 Å². The van der Waals surface area contributed by atoms with E-state index in [1.807, 2.05) is 0 Å². The van der Waals surface area contributed by atoms with Crippen LogP contribution >= 0.6 is 11.8 Å². The van der Waals surface area contributed by atoms with Crippen LogP contribution in [0.2, 0.25) is 0 Å². The van der Waals surface area contributed by atoms with Gasteiger partial charge >= 0.3 is 12.2 Å². The third-order valence-electron chi connectivity index (χ3n) is 3.03. The van der Waals surface area contributed by atoms with E-state index >= 15 is 0 Å². The molecule has 1 rings (SSSR count). The summed E-state index contributed by atoms with van der Waals surface area (Å²) in [5.74, 6) is -1.15. The molecule has 124 valence electrons. The summed E-state index contributed by atoms with van der Waals surface area (Å²) in [5, 5.41) is 14.2. The van der Waals surface area contributed by atoms with E-state index in [1.165, 1.54) is 6.07 Å². The van der Waals surface area contributed by atoms with Gasteiger partial charge in [0.15, 0.2) is 0 Å². The van der Waals surface area contributed by atoms with Gasteiger partial charge in [-0.25, -0.2) is 4.79 Å². The maximum absolute atomic E-state index is 12.3. The molecule has 0 bridgehead atoms. The van der Waals surface area contributed by atoms with Gasteiger partial charge in [-0.05, 0) is 25.0 Å². The highest BCUT2D eigenvalue weighted by Gasteiger charge is 2.27. The minimum Gasteiger partial charge on any atom is -0.396 e. The number of halogens is 3. The fourth-order valence-electron chi connectivity index (χ4n) is 1.52. The fourth-order valence-corrected chi connectivity index (χ4v) is 2.29. The predicted molar refractivity (Wildman–Crippen MR) is 81.1 cm³/mol. The molecule has 0 aliphatic heterocycles. The van der Waals surface area contributed by atoms with E-state index < -0.39 is 18.0 Å². The van der Waals surface area contributed by atoms with Gasteiger partial charge in [0.2, 0.25) is 0 Å². The quantitative estimate of drug-likeness (QED) is 0.697. The summed E-state index contributed by atoms with van der Waals surface area (Å²) >= 11 is 0.618. The first-order valence-electron chi connectivity index (χ1n) is 6.70. The Morgan fingerprint density at radius 2 is 1.95 bits per heavy atom. The number of carbonyl (C=O) groups is 1. The Morgan fingerprint density at radius 1 is 1.32 bits per heavy atom. The molecule has 0 saturated carbocycles. The number of thioether (sulfide) groups is 1. The van der Waals surface area contributed by atoms with Crippen molar-refractivity contribution in [2.24, 2.45) is 5.92 Å². The topological polar surface area (TPSA) is 61.4 Å². The van der Waals surface area contributed by atoms with E-state index in [1.54, 1.807) is 32.0 Å². The van der Waals surface area contributed by atoms with Crippen LogP contribution < -0.4 is 10.6 Å². The molecule has 0 heterocycles. The average Bonchev–Trinajstić information content (AvgIpc) is 2.44. The molecule has 0 aliphatic carbocycles. The Morgan fingerprint density at radius 3 is 2.55 bits per heavy atom. The van der Waals surface area contributed by atoms with Gasteiger partial charge in [-0.1, -0.05) is 19.1 Å². The number of hydrogen-bond acceptors (Lipinski definition) is 3. The van der Waals surface area contributed by atoms with Crippen LogP contribution in [0.25, 0.3) is 0 Å². The molecule has 3 N–H and O–H groups in total. The first-order chi connectivity index (χ1) is 10.2. The van der Waals surface area contributed by atoms with Crippen molar-refractivity contribution < 1.29 is 23.1 Å². The maximum Gasteiger partial charge on any atom is 0.398 e. The van der Waals surface area contributed by atoms with E-state index in [2.05, 4.69) is 10.6 Å². The number of carbonyl (C=O) groups excluding carboxylic acids is 1. The van der Waals surface area contributed by atoms with Crippen molar-refractivity contribution in [1.29, 1.82) is 0 Å². The largest absolute Gasteiger partial charge is 0.398 e. The molecule has 0 spiro atoms. The number of nitrogens with one attached hydrogen (secondary N) is 2. The molecular formula is C14H19F3N2O2S. The van der Waals surface area contributed by atoms with Crippen molar-refractivity contribution in [3.63, 3.8) is 0 Å². The van der Waals surface area contributed by atoms with Crippen molar-refractivity contribution in [1.82, 2.24) is 5.32 Å². The average molecular weight is 336 g/mol. The lowest BCUT2D eigenvalue weighted by Crippen LogP contribution is -2.40. The summed E-state index contributed by atoms with van der Waals surface area (Å²) in [7, 11) is 0. The van der Waals surface area contributed by atoms with Gasteiger partial charge in [0, 0.05) is 17.5 Å². The van der Waals surface area contributed by atoms with Gasteiger partial charge in [0.1, 0.15) is 0 Å². The van der Waals surface area contributed by atoms with Crippen LogP contribution in [0, 0.1) is 5.92 Å². The molecule has 0 saturated heterocycles. The summed E-state index contributed by atoms with van der Waals surface area (Å²) in [6, 6.07) is 5.52. The molecule has 1 aromatic rings. The van der Waals surface area contributed by atoms with E-state index in [4.69, 9.17) is 5.11 Å². The maximum atomic E-state index is 12.3. The minimum absolute atomic E-state index is 0.0700. The summed E-state index contributed by atoms with van der Waals surface area (Å²) in [6.07, 6.45) is -4.27. The second-order valence-corrected chi connectivity index (χ2v) is 5.96. The summed E-state index contributed by atoms with van der Waals surface area (Å²) < 4.78 is 36.9. The van der Waals surface area contributed by atoms with E-state index in [0.717, 1.165) is 0 Å². The van der Waals surface area contributed by atoms with Gasteiger partial charge in [0.25, 0.3) is 0 Å². The molecule has 0 fully saturated rings. The third kappa shape index (κ3) is 6.57. The molecule has 2 atom stereocenters. The van der Waals surface area contributed by atoms with Crippen LogP contribution in [0.15, 0.2) is 29.2 Å². The number of aliphatic hydroxyl groups is 1. The van der Waals surface area contributed by atoms with E-state index in [-0.39, 0.29) is 18.6 Å². The zero-order valence-corrected chi connectivity index (χ0v) is 13.1. The Bertz CT molecular complexity index is 497. The van der Waals surface area contributed by atoms with Crippen molar-refractivity contribution in [3.05, 3.63) is 24.3 Å². The van der Waals surface area contributed by atoms with E-state index in [0.29, 0.717) is 22.3 Å². The Balaban J connectivity index is 2.67. The molecule has 0 radical (unpaired) electrons. The van der Waals surface area contributed by atoms with Crippen molar-refractivity contribution >= 4 is 23.5 Å². The molecule has 2 unspecified atom stereocenters. The van der Waals surface area contributed by atoms with Crippen molar-refractivity contribution in [2.75, 3.05) is 17.7 Å². The summed E-state index contributed by atoms with van der Waals surface area (Å²) in [4.78, 5) is 12.2. The number of para-hydroxylation sites is 1. The number of amides is 2. The van der Waals surface area contributed by atoms with Crippen LogP contribution in [0.3, 0.4) is 0 Å². The lowest BCUT2D eigenvalue weighted by molar-refractivity contribution is -0.105. The molecule has 0 aromatic heterocycles. The number of alkyl halides is 3. The second kappa shape index (κ2) is 8.28. The zero-order chi connectivity index (χ0) is 16.8.